The predicted molar refractivity (Wildman–Crippen MR) is 70.9 cm³/mol. The second kappa shape index (κ2) is 6.65. The van der Waals surface area contributed by atoms with E-state index in [0.29, 0.717) is 5.75 Å². The summed E-state index contributed by atoms with van der Waals surface area (Å²) in [6.45, 7) is 3.78. The molecule has 0 aliphatic heterocycles. The van der Waals surface area contributed by atoms with Gasteiger partial charge < -0.3 is 0 Å². The molecule has 1 aromatic carbocycles. The first-order valence-corrected chi connectivity index (χ1v) is 7.32. The van der Waals surface area contributed by atoms with Crippen molar-refractivity contribution in [1.29, 1.82) is 5.26 Å². The van der Waals surface area contributed by atoms with Crippen molar-refractivity contribution in [3.8, 4) is 6.07 Å². The van der Waals surface area contributed by atoms with E-state index < -0.39 is 16.6 Å². The van der Waals surface area contributed by atoms with Crippen LogP contribution in [0.15, 0.2) is 29.2 Å². The van der Waals surface area contributed by atoms with Crippen molar-refractivity contribution < 1.29 is 8.60 Å². The molecule has 1 unspecified atom stereocenters. The molecular formula is C14H18FNOS. The number of hydrogen-bond donors (Lipinski definition) is 0. The van der Waals surface area contributed by atoms with Crippen LogP contribution in [0.1, 0.15) is 33.1 Å². The van der Waals surface area contributed by atoms with Crippen LogP contribution in [0, 0.1) is 22.6 Å². The van der Waals surface area contributed by atoms with E-state index in [1.807, 2.05) is 13.8 Å². The Balaban J connectivity index is 2.40. The number of nitriles is 1. The van der Waals surface area contributed by atoms with Gasteiger partial charge in [0.25, 0.3) is 0 Å². The van der Waals surface area contributed by atoms with Crippen molar-refractivity contribution in [3.05, 3.63) is 30.1 Å². The maximum atomic E-state index is 13.4. The van der Waals surface area contributed by atoms with E-state index in [0.717, 1.165) is 19.3 Å². The van der Waals surface area contributed by atoms with Crippen LogP contribution in [-0.2, 0) is 10.8 Å². The Hall–Kier alpha value is -1.21. The number of benzene rings is 1. The molecular weight excluding hydrogens is 249 g/mol. The molecule has 98 valence electrons. The minimum atomic E-state index is -1.28. The van der Waals surface area contributed by atoms with Gasteiger partial charge in [0.15, 0.2) is 0 Å². The summed E-state index contributed by atoms with van der Waals surface area (Å²) in [4.78, 5) is 0.275. The average molecular weight is 267 g/mol. The van der Waals surface area contributed by atoms with Crippen LogP contribution in [0.2, 0.25) is 0 Å². The molecule has 0 saturated heterocycles. The fourth-order valence-electron chi connectivity index (χ4n) is 1.60. The molecule has 0 amide bonds. The Morgan fingerprint density at radius 1 is 1.33 bits per heavy atom. The van der Waals surface area contributed by atoms with E-state index >= 15 is 0 Å². The molecule has 18 heavy (non-hydrogen) atoms. The fraction of sp³-hybridized carbons (Fsp3) is 0.500. The summed E-state index contributed by atoms with van der Waals surface area (Å²) in [5.74, 6) is 0.0378. The maximum Gasteiger partial charge on any atom is 0.139 e. The van der Waals surface area contributed by atoms with E-state index in [4.69, 9.17) is 5.26 Å². The number of halogens is 1. The summed E-state index contributed by atoms with van der Waals surface area (Å²) in [6, 6.07) is 8.40. The van der Waals surface area contributed by atoms with Gasteiger partial charge in [-0.25, -0.2) is 4.39 Å². The van der Waals surface area contributed by atoms with Gasteiger partial charge in [0, 0.05) is 5.75 Å². The number of unbranched alkanes of at least 4 members (excludes halogenated alkanes) is 1. The van der Waals surface area contributed by atoms with Crippen LogP contribution < -0.4 is 0 Å². The van der Waals surface area contributed by atoms with E-state index in [2.05, 4.69) is 6.07 Å². The third kappa shape index (κ3) is 4.58. The third-order valence-corrected chi connectivity index (χ3v) is 4.25. The second-order valence-electron chi connectivity index (χ2n) is 4.93. The van der Waals surface area contributed by atoms with Crippen LogP contribution in [0.25, 0.3) is 0 Å². The van der Waals surface area contributed by atoms with E-state index in [9.17, 15) is 8.60 Å². The monoisotopic (exact) mass is 267 g/mol. The summed E-state index contributed by atoms with van der Waals surface area (Å²) in [7, 11) is -1.28. The van der Waals surface area contributed by atoms with Crippen molar-refractivity contribution >= 4 is 10.8 Å². The standard InChI is InChI=1S/C14H18FNOS/c1-14(2,11-16)9-5-6-10-18(17)13-8-4-3-7-12(13)15/h3-4,7-8H,5-6,9-10H2,1-2H3. The lowest BCUT2D eigenvalue weighted by Gasteiger charge is -2.14. The molecule has 0 heterocycles. The van der Waals surface area contributed by atoms with Crippen LogP contribution >= 0.6 is 0 Å². The summed E-state index contributed by atoms with van der Waals surface area (Å²) in [5.41, 5.74) is -0.334. The van der Waals surface area contributed by atoms with E-state index in [1.54, 1.807) is 18.2 Å². The maximum absolute atomic E-state index is 13.4. The summed E-state index contributed by atoms with van der Waals surface area (Å²) in [6.07, 6.45) is 2.35. The molecule has 2 nitrogen and oxygen atoms in total. The van der Waals surface area contributed by atoms with Gasteiger partial charge >= 0.3 is 0 Å². The van der Waals surface area contributed by atoms with Crippen LogP contribution in [0.3, 0.4) is 0 Å². The summed E-state index contributed by atoms with van der Waals surface area (Å²) < 4.78 is 25.2. The lowest BCUT2D eigenvalue weighted by molar-refractivity contribution is 0.432. The highest BCUT2D eigenvalue weighted by Crippen LogP contribution is 2.22. The Bertz CT molecular complexity index is 465. The molecule has 1 rings (SSSR count). The van der Waals surface area contributed by atoms with Gasteiger partial charge in [-0.1, -0.05) is 18.6 Å². The molecule has 1 atom stereocenters. The fourth-order valence-corrected chi connectivity index (χ4v) is 2.80. The highest BCUT2D eigenvalue weighted by Gasteiger charge is 2.16. The largest absolute Gasteiger partial charge is 0.254 e. The van der Waals surface area contributed by atoms with Crippen molar-refractivity contribution in [1.82, 2.24) is 0 Å². The first-order chi connectivity index (χ1) is 8.46. The number of hydrogen-bond acceptors (Lipinski definition) is 2. The average Bonchev–Trinajstić information content (AvgIpc) is 2.35. The SMILES string of the molecule is CC(C)(C#N)CCCCS(=O)c1ccccc1F. The molecule has 0 bridgehead atoms. The highest BCUT2D eigenvalue weighted by atomic mass is 32.2. The first-order valence-electron chi connectivity index (χ1n) is 6.00. The quantitative estimate of drug-likeness (QED) is 0.738. The van der Waals surface area contributed by atoms with Crippen LogP contribution in [-0.4, -0.2) is 9.96 Å². The van der Waals surface area contributed by atoms with Gasteiger partial charge in [-0.2, -0.15) is 5.26 Å². The molecule has 0 spiro atoms. The Morgan fingerprint density at radius 2 is 2.00 bits per heavy atom. The second-order valence-corrected chi connectivity index (χ2v) is 6.47. The molecule has 0 radical (unpaired) electrons. The normalized spacial score (nSPS) is 13.0. The van der Waals surface area contributed by atoms with Gasteiger partial charge in [-0.05, 0) is 38.8 Å². The molecule has 0 aliphatic rings. The topological polar surface area (TPSA) is 40.9 Å². The van der Waals surface area contributed by atoms with Gasteiger partial charge in [-0.15, -0.1) is 0 Å². The Morgan fingerprint density at radius 3 is 2.61 bits per heavy atom. The number of nitrogens with zero attached hydrogens (tertiary/aromatic N) is 1. The van der Waals surface area contributed by atoms with Crippen LogP contribution in [0.5, 0.6) is 0 Å². The van der Waals surface area contributed by atoms with E-state index in [-0.39, 0.29) is 10.3 Å². The Kier molecular flexibility index (Phi) is 5.49. The zero-order valence-electron chi connectivity index (χ0n) is 10.8. The van der Waals surface area contributed by atoms with Crippen molar-refractivity contribution in [3.63, 3.8) is 0 Å². The number of rotatable bonds is 6. The smallest absolute Gasteiger partial charge is 0.139 e. The van der Waals surface area contributed by atoms with Crippen LogP contribution in [0.4, 0.5) is 4.39 Å². The predicted octanol–water partition coefficient (Wildman–Crippen LogP) is 3.65. The summed E-state index contributed by atoms with van der Waals surface area (Å²) >= 11 is 0. The van der Waals surface area contributed by atoms with Gasteiger partial charge in [0.05, 0.1) is 27.2 Å². The van der Waals surface area contributed by atoms with Crippen molar-refractivity contribution in [2.24, 2.45) is 5.41 Å². The lowest BCUT2D eigenvalue weighted by atomic mass is 9.89. The summed E-state index contributed by atoms with van der Waals surface area (Å²) in [5, 5.41) is 8.86. The van der Waals surface area contributed by atoms with Crippen molar-refractivity contribution in [2.75, 3.05) is 5.75 Å². The van der Waals surface area contributed by atoms with Gasteiger partial charge in [-0.3, -0.25) is 4.21 Å². The zero-order chi connectivity index (χ0) is 13.6. The molecule has 4 heteroatoms. The minimum Gasteiger partial charge on any atom is -0.254 e. The minimum absolute atomic E-state index is 0.275. The molecule has 0 aliphatic carbocycles. The van der Waals surface area contributed by atoms with Crippen molar-refractivity contribution in [2.45, 2.75) is 38.0 Å². The van der Waals surface area contributed by atoms with Gasteiger partial charge in [0.2, 0.25) is 0 Å². The molecule has 0 N–H and O–H groups in total. The molecule has 0 saturated carbocycles. The molecule has 1 aromatic rings. The zero-order valence-corrected chi connectivity index (χ0v) is 11.6. The van der Waals surface area contributed by atoms with Gasteiger partial charge in [0.1, 0.15) is 5.82 Å². The Labute approximate surface area is 110 Å². The highest BCUT2D eigenvalue weighted by molar-refractivity contribution is 7.85. The molecule has 0 fully saturated rings. The molecule has 0 aromatic heterocycles. The van der Waals surface area contributed by atoms with E-state index in [1.165, 1.54) is 6.07 Å². The first kappa shape index (κ1) is 14.8. The lowest BCUT2D eigenvalue weighted by Crippen LogP contribution is -2.08. The third-order valence-electron chi connectivity index (χ3n) is 2.77.